The molecule has 3 aromatic rings. The predicted octanol–water partition coefficient (Wildman–Crippen LogP) is 4.07. The number of aliphatic imine (C=N–C) groups is 1. The zero-order valence-corrected chi connectivity index (χ0v) is 24.0. The minimum absolute atomic E-state index is 0.0590. The van der Waals surface area contributed by atoms with E-state index in [1.807, 2.05) is 19.1 Å². The van der Waals surface area contributed by atoms with E-state index in [9.17, 15) is 18.8 Å². The number of likely N-dealkylation sites (tertiary alicyclic amines) is 1. The molecular formula is C29H33FN6O4S. The lowest BCUT2D eigenvalue weighted by Gasteiger charge is -2.21. The van der Waals surface area contributed by atoms with Gasteiger partial charge in [-0.25, -0.2) is 14.4 Å². The Hall–Kier alpha value is -4.58. The lowest BCUT2D eigenvalue weighted by molar-refractivity contribution is -0.124. The van der Waals surface area contributed by atoms with Crippen LogP contribution in [0.15, 0.2) is 65.8 Å². The zero-order chi connectivity index (χ0) is 29.9. The van der Waals surface area contributed by atoms with Crippen LogP contribution >= 0.6 is 11.3 Å². The van der Waals surface area contributed by atoms with Gasteiger partial charge in [-0.1, -0.05) is 13.5 Å². The topological polar surface area (TPSA) is 139 Å². The van der Waals surface area contributed by atoms with Crippen LogP contribution in [-0.4, -0.2) is 47.4 Å². The third-order valence-electron chi connectivity index (χ3n) is 6.12. The molecule has 41 heavy (non-hydrogen) atoms. The van der Waals surface area contributed by atoms with Crippen molar-refractivity contribution in [2.24, 2.45) is 4.99 Å². The number of likely N-dealkylation sites (N-methyl/N-ethyl adjacent to an activating group) is 1. The van der Waals surface area contributed by atoms with Crippen LogP contribution in [0.1, 0.15) is 37.1 Å². The first-order valence-electron chi connectivity index (χ1n) is 12.8. The molecule has 0 bridgehead atoms. The number of carbonyl (C=O) groups is 3. The molecule has 3 heterocycles. The quantitative estimate of drug-likeness (QED) is 0.187. The van der Waals surface area contributed by atoms with Crippen molar-refractivity contribution in [2.45, 2.75) is 45.7 Å². The molecule has 1 aliphatic heterocycles. The molecule has 0 spiro atoms. The molecule has 0 radical (unpaired) electrons. The number of hydrogen-bond donors (Lipinski definition) is 3. The van der Waals surface area contributed by atoms with Crippen LogP contribution in [0.3, 0.4) is 0 Å². The third kappa shape index (κ3) is 8.70. The number of fused-ring (bicyclic) bond motifs is 1. The Labute approximate surface area is 241 Å². The van der Waals surface area contributed by atoms with Gasteiger partial charge in [-0.15, -0.1) is 11.3 Å². The summed E-state index contributed by atoms with van der Waals surface area (Å²) in [7, 11) is 1.78. The van der Waals surface area contributed by atoms with Crippen LogP contribution in [-0.2, 0) is 27.3 Å². The molecular weight excluding hydrogens is 547 g/mol. The van der Waals surface area contributed by atoms with E-state index in [2.05, 4.69) is 27.2 Å². The number of thiophene rings is 1. The number of nitrogen functional groups attached to an aromatic ring is 1. The molecule has 2 aromatic heterocycles. The predicted molar refractivity (Wildman–Crippen MR) is 159 cm³/mol. The van der Waals surface area contributed by atoms with Crippen LogP contribution in [0.25, 0.3) is 10.1 Å². The van der Waals surface area contributed by atoms with E-state index in [4.69, 9.17) is 10.5 Å². The number of amides is 2. The molecule has 2 amide bonds. The van der Waals surface area contributed by atoms with Crippen molar-refractivity contribution >= 4 is 51.7 Å². The maximum absolute atomic E-state index is 12.8. The number of anilines is 1. The maximum Gasteiger partial charge on any atom is 0.243 e. The van der Waals surface area contributed by atoms with Crippen molar-refractivity contribution in [1.29, 1.82) is 0 Å². The lowest BCUT2D eigenvalue weighted by atomic mass is 10.1. The van der Waals surface area contributed by atoms with Crippen LogP contribution in [0.4, 0.5) is 10.2 Å². The van der Waals surface area contributed by atoms with E-state index in [0.29, 0.717) is 55.2 Å². The van der Waals surface area contributed by atoms with Gasteiger partial charge in [0.1, 0.15) is 29.3 Å². The number of aldehydes is 1. The molecule has 12 heteroatoms. The number of nitrogens with two attached hydrogens (primary N) is 1. The van der Waals surface area contributed by atoms with E-state index in [1.165, 1.54) is 18.3 Å². The molecule has 1 saturated heterocycles. The van der Waals surface area contributed by atoms with Crippen LogP contribution in [0.5, 0.6) is 5.75 Å². The van der Waals surface area contributed by atoms with Crippen molar-refractivity contribution in [3.05, 3.63) is 77.0 Å². The number of amidine groups is 1. The van der Waals surface area contributed by atoms with Crippen LogP contribution in [0.2, 0.25) is 0 Å². The summed E-state index contributed by atoms with van der Waals surface area (Å²) in [5.74, 6) is 2.13. The first-order valence-corrected chi connectivity index (χ1v) is 13.6. The van der Waals surface area contributed by atoms with Crippen LogP contribution in [0, 0.1) is 5.82 Å². The Bertz CT molecular complexity index is 1490. The summed E-state index contributed by atoms with van der Waals surface area (Å²) in [4.78, 5) is 44.9. The molecule has 1 unspecified atom stereocenters. The molecule has 0 saturated carbocycles. The largest absolute Gasteiger partial charge is 0.462 e. The fourth-order valence-corrected chi connectivity index (χ4v) is 5.11. The molecule has 1 aliphatic rings. The van der Waals surface area contributed by atoms with Gasteiger partial charge in [-0.2, -0.15) is 0 Å². The monoisotopic (exact) mass is 580 g/mol. The Kier molecular flexibility index (Phi) is 11.1. The van der Waals surface area contributed by atoms with Gasteiger partial charge in [0.25, 0.3) is 0 Å². The third-order valence-corrected chi connectivity index (χ3v) is 7.22. The minimum Gasteiger partial charge on any atom is -0.462 e. The molecule has 4 N–H and O–H groups in total. The maximum atomic E-state index is 12.8. The zero-order valence-electron chi connectivity index (χ0n) is 23.1. The first-order chi connectivity index (χ1) is 19.6. The number of ether oxygens (including phenoxy) is 1. The number of hydrogen-bond acceptors (Lipinski definition) is 8. The Morgan fingerprint density at radius 1 is 1.34 bits per heavy atom. The molecule has 216 valence electrons. The average molecular weight is 581 g/mol. The van der Waals surface area contributed by atoms with Gasteiger partial charge in [0.15, 0.2) is 6.29 Å². The number of rotatable bonds is 10. The lowest BCUT2D eigenvalue weighted by Crippen LogP contribution is -2.42. The number of carbonyl (C=O) groups excluding carboxylic acids is 3. The van der Waals surface area contributed by atoms with Gasteiger partial charge in [0, 0.05) is 34.6 Å². The van der Waals surface area contributed by atoms with Gasteiger partial charge >= 0.3 is 0 Å². The van der Waals surface area contributed by atoms with Gasteiger partial charge in [0.05, 0.1) is 24.2 Å². The number of nitrogens with zero attached hydrogens (tertiary/aromatic N) is 3. The molecule has 1 atom stereocenters. The number of benzene rings is 1. The summed E-state index contributed by atoms with van der Waals surface area (Å²) in [5.41, 5.74) is 6.62. The smallest absolute Gasteiger partial charge is 0.243 e. The van der Waals surface area contributed by atoms with Gasteiger partial charge in [0.2, 0.25) is 12.3 Å². The van der Waals surface area contributed by atoms with Crippen LogP contribution < -0.4 is 21.1 Å². The molecule has 4 rings (SSSR count). The second kappa shape index (κ2) is 14.7. The number of aryl methyl sites for hydroxylation is 1. The highest BCUT2D eigenvalue weighted by molar-refractivity contribution is 7.19. The Morgan fingerprint density at radius 2 is 2.12 bits per heavy atom. The highest BCUT2D eigenvalue weighted by Gasteiger charge is 2.31. The second-order valence-electron chi connectivity index (χ2n) is 9.16. The highest BCUT2D eigenvalue weighted by Crippen LogP contribution is 2.26. The number of allylic oxidation sites excluding steroid dienone is 2. The summed E-state index contributed by atoms with van der Waals surface area (Å²) in [6, 6.07) is 7.97. The van der Waals surface area contributed by atoms with Crippen molar-refractivity contribution in [1.82, 2.24) is 20.5 Å². The first kappa shape index (κ1) is 31.0. The summed E-state index contributed by atoms with van der Waals surface area (Å²) in [6.07, 6.45) is 5.90. The Morgan fingerprint density at radius 3 is 2.80 bits per heavy atom. The summed E-state index contributed by atoms with van der Waals surface area (Å²) in [6.45, 7) is 7.78. The minimum atomic E-state index is -0.336. The highest BCUT2D eigenvalue weighted by atomic mass is 32.1. The van der Waals surface area contributed by atoms with E-state index >= 15 is 0 Å². The molecule has 10 nitrogen and oxygen atoms in total. The van der Waals surface area contributed by atoms with Gasteiger partial charge in [-0.3, -0.25) is 14.4 Å². The summed E-state index contributed by atoms with van der Waals surface area (Å²) < 4.78 is 19.2. The number of pyridine rings is 1. The summed E-state index contributed by atoms with van der Waals surface area (Å²) >= 11 is 1.57. The SMILES string of the molecule is C=C(C)Oc1ccc(F)cc1CC.CN1C(=N/C=C(\C=O)NC=O)CCC1C(=O)NCc1cc2cnc(N)cc2s1. The fourth-order valence-electron chi connectivity index (χ4n) is 4.09. The molecule has 1 fully saturated rings. The van der Waals surface area contributed by atoms with Gasteiger partial charge < -0.3 is 26.0 Å². The van der Waals surface area contributed by atoms with E-state index in [1.54, 1.807) is 42.5 Å². The van der Waals surface area contributed by atoms with Crippen molar-refractivity contribution in [2.75, 3.05) is 12.8 Å². The van der Waals surface area contributed by atoms with Gasteiger partial charge in [-0.05, 0) is 55.7 Å². The average Bonchev–Trinajstić information content (AvgIpc) is 3.53. The number of aromatic nitrogens is 1. The van der Waals surface area contributed by atoms with Crippen molar-refractivity contribution in [3.63, 3.8) is 0 Å². The van der Waals surface area contributed by atoms with E-state index < -0.39 is 0 Å². The summed E-state index contributed by atoms with van der Waals surface area (Å²) in [5, 5.41) is 6.21. The standard InChI is InChI=1S/C18H20N6O3S.C11H13FO/c1-24-14(2-3-17(24)21-7-12(9-25)23-10-26)18(27)22-8-13-4-11-6-20-16(19)5-15(11)28-13;1-4-9-7-10(12)5-6-11(9)13-8(2)3/h4-7,9-10,14H,2-3,8H2,1H3,(H2,19,20)(H,22,27)(H,23,26);5-7H,2,4H2,1,3H3/b12-7+,21-17?;. The molecule has 0 aliphatic carbocycles. The fraction of sp³-hybridized carbons (Fsp3) is 0.276. The molecule has 1 aromatic carbocycles. The van der Waals surface area contributed by atoms with E-state index in [-0.39, 0.29) is 23.5 Å². The number of nitrogens with one attached hydrogen (secondary N) is 2. The normalized spacial score (nSPS) is 15.7. The van der Waals surface area contributed by atoms with E-state index in [0.717, 1.165) is 26.9 Å². The van der Waals surface area contributed by atoms with Crippen molar-refractivity contribution in [3.8, 4) is 5.75 Å². The van der Waals surface area contributed by atoms with Crippen molar-refractivity contribution < 1.29 is 23.5 Å². The Balaban J connectivity index is 0.000000298. The second-order valence-corrected chi connectivity index (χ2v) is 10.3. The number of halogens is 1.